The zero-order chi connectivity index (χ0) is 24.7. The maximum absolute atomic E-state index is 12.8. The number of carbonyl (C=O) groups is 1. The van der Waals surface area contributed by atoms with Gasteiger partial charge in [-0.2, -0.15) is 0 Å². The molecule has 2 aromatic carbocycles. The fourth-order valence-corrected chi connectivity index (χ4v) is 4.71. The second-order valence-corrected chi connectivity index (χ2v) is 9.51. The second-order valence-electron chi connectivity index (χ2n) is 8.56. The highest BCUT2D eigenvalue weighted by Gasteiger charge is 2.20. The molecule has 0 fully saturated rings. The maximum Gasteiger partial charge on any atom is 0.234 e. The Morgan fingerprint density at radius 3 is 2.21 bits per heavy atom. The molecule has 0 radical (unpaired) electrons. The van der Waals surface area contributed by atoms with Crippen molar-refractivity contribution >= 4 is 23.4 Å². The monoisotopic (exact) mass is 480 g/mol. The number of ether oxygens (including phenoxy) is 1. The van der Waals surface area contributed by atoms with Crippen molar-refractivity contribution in [2.75, 3.05) is 11.1 Å². The minimum absolute atomic E-state index is 0.0395. The van der Waals surface area contributed by atoms with Crippen molar-refractivity contribution < 1.29 is 9.53 Å². The molecule has 1 unspecified atom stereocenters. The number of hydrogen-bond donors (Lipinski definition) is 1. The lowest BCUT2D eigenvalue weighted by atomic mass is 10.0. The van der Waals surface area contributed by atoms with Crippen LogP contribution in [0.5, 0.6) is 5.75 Å². The topological polar surface area (TPSA) is 69.0 Å². The van der Waals surface area contributed by atoms with Crippen LogP contribution in [-0.4, -0.2) is 26.4 Å². The van der Waals surface area contributed by atoms with Gasteiger partial charge in [0, 0.05) is 12.2 Å². The molecule has 0 aliphatic heterocycles. The molecule has 1 atom stereocenters. The summed E-state index contributed by atoms with van der Waals surface area (Å²) in [5.74, 6) is 2.27. The van der Waals surface area contributed by atoms with Crippen LogP contribution in [0.25, 0.3) is 0 Å². The highest BCUT2D eigenvalue weighted by Crippen LogP contribution is 2.27. The van der Waals surface area contributed by atoms with Crippen LogP contribution in [0.3, 0.4) is 0 Å². The molecule has 34 heavy (non-hydrogen) atoms. The first-order chi connectivity index (χ1) is 16.4. The fourth-order valence-electron chi connectivity index (χ4n) is 3.90. The van der Waals surface area contributed by atoms with Gasteiger partial charge in [0.15, 0.2) is 17.1 Å². The van der Waals surface area contributed by atoms with Gasteiger partial charge in [-0.05, 0) is 61.4 Å². The predicted molar refractivity (Wildman–Crippen MR) is 140 cm³/mol. The Balaban J connectivity index is 1.66. The average Bonchev–Trinajstić information content (AvgIpc) is 3.26. The summed E-state index contributed by atoms with van der Waals surface area (Å²) < 4.78 is 8.15. The summed E-state index contributed by atoms with van der Waals surface area (Å²) in [5.41, 5.74) is 4.54. The molecule has 0 saturated heterocycles. The first kappa shape index (κ1) is 25.8. The first-order valence-electron chi connectivity index (χ1n) is 12.1. The third-order valence-electron chi connectivity index (χ3n) is 5.88. The van der Waals surface area contributed by atoms with Crippen molar-refractivity contribution in [1.82, 2.24) is 14.8 Å². The molecule has 3 rings (SSSR count). The number of aromatic nitrogens is 3. The first-order valence-corrected chi connectivity index (χ1v) is 13.1. The molecule has 182 valence electrons. The van der Waals surface area contributed by atoms with Crippen LogP contribution < -0.4 is 10.1 Å². The zero-order valence-corrected chi connectivity index (χ0v) is 21.9. The summed E-state index contributed by atoms with van der Waals surface area (Å²) in [6, 6.07) is 14.4. The van der Waals surface area contributed by atoms with Crippen molar-refractivity contribution in [2.24, 2.45) is 0 Å². The lowest BCUT2D eigenvalue weighted by Gasteiger charge is -2.16. The van der Waals surface area contributed by atoms with Crippen molar-refractivity contribution in [2.45, 2.75) is 78.1 Å². The molecule has 7 heteroatoms. The van der Waals surface area contributed by atoms with E-state index in [0.29, 0.717) is 12.5 Å². The van der Waals surface area contributed by atoms with Crippen LogP contribution >= 0.6 is 11.8 Å². The van der Waals surface area contributed by atoms with Gasteiger partial charge >= 0.3 is 0 Å². The maximum atomic E-state index is 12.8. The lowest BCUT2D eigenvalue weighted by molar-refractivity contribution is -0.113. The molecule has 0 aliphatic rings. The van der Waals surface area contributed by atoms with E-state index in [9.17, 15) is 4.79 Å². The molecule has 0 bridgehead atoms. The van der Waals surface area contributed by atoms with E-state index in [1.165, 1.54) is 17.3 Å². The third-order valence-corrected chi connectivity index (χ3v) is 6.85. The lowest BCUT2D eigenvalue weighted by Crippen LogP contribution is -2.17. The molecule has 0 spiro atoms. The van der Waals surface area contributed by atoms with E-state index in [1.807, 2.05) is 30.5 Å². The molecule has 1 N–H and O–H groups in total. The summed E-state index contributed by atoms with van der Waals surface area (Å²) >= 11 is 1.40. The van der Waals surface area contributed by atoms with Crippen LogP contribution in [0.1, 0.15) is 76.1 Å². The molecular formula is C27H36N4O2S. The zero-order valence-electron chi connectivity index (χ0n) is 21.1. The number of carbonyl (C=O) groups excluding carboxylic acids is 1. The van der Waals surface area contributed by atoms with Gasteiger partial charge in [0.25, 0.3) is 0 Å². The number of hydrogen-bond acceptors (Lipinski definition) is 5. The van der Waals surface area contributed by atoms with Gasteiger partial charge in [-0.1, -0.05) is 69.8 Å². The minimum atomic E-state index is -0.260. The van der Waals surface area contributed by atoms with Crippen molar-refractivity contribution in [1.29, 1.82) is 0 Å². The average molecular weight is 481 g/mol. The van der Waals surface area contributed by atoms with Gasteiger partial charge in [0.1, 0.15) is 5.75 Å². The number of anilines is 1. The summed E-state index contributed by atoms with van der Waals surface area (Å²) in [6.45, 7) is 13.3. The Labute approximate surface area is 207 Å². The number of nitrogens with zero attached hydrogens (tertiary/aromatic N) is 3. The quantitative estimate of drug-likeness (QED) is 0.321. The van der Waals surface area contributed by atoms with E-state index in [0.717, 1.165) is 46.4 Å². The minimum Gasteiger partial charge on any atom is -0.483 e. The summed E-state index contributed by atoms with van der Waals surface area (Å²) in [6.07, 6.45) is 1.49. The van der Waals surface area contributed by atoms with Crippen molar-refractivity contribution in [3.63, 3.8) is 0 Å². The van der Waals surface area contributed by atoms with Crippen LogP contribution in [0.15, 0.2) is 47.6 Å². The number of para-hydroxylation sites is 1. The van der Waals surface area contributed by atoms with Gasteiger partial charge in [-0.3, -0.25) is 4.79 Å². The fraction of sp³-hybridized carbons (Fsp3) is 0.444. The summed E-state index contributed by atoms with van der Waals surface area (Å²) in [4.78, 5) is 12.8. The van der Waals surface area contributed by atoms with Gasteiger partial charge < -0.3 is 14.6 Å². The molecule has 0 saturated carbocycles. The van der Waals surface area contributed by atoms with E-state index < -0.39 is 0 Å². The van der Waals surface area contributed by atoms with Gasteiger partial charge in [0.2, 0.25) is 5.91 Å². The second kappa shape index (κ2) is 12.1. The molecule has 0 aliphatic carbocycles. The van der Waals surface area contributed by atoms with E-state index in [2.05, 4.69) is 73.5 Å². The molecular weight excluding hydrogens is 444 g/mol. The Morgan fingerprint density at radius 1 is 1.00 bits per heavy atom. The van der Waals surface area contributed by atoms with Gasteiger partial charge in [0.05, 0.1) is 5.75 Å². The number of benzene rings is 2. The van der Waals surface area contributed by atoms with Crippen LogP contribution in [0.4, 0.5) is 5.69 Å². The molecule has 1 heterocycles. The largest absolute Gasteiger partial charge is 0.483 e. The van der Waals surface area contributed by atoms with Crippen LogP contribution in [0, 0.1) is 0 Å². The molecule has 3 aromatic rings. The number of aryl methyl sites for hydroxylation is 2. The van der Waals surface area contributed by atoms with Gasteiger partial charge in [-0.25, -0.2) is 0 Å². The van der Waals surface area contributed by atoms with Crippen LogP contribution in [0.2, 0.25) is 0 Å². The van der Waals surface area contributed by atoms with E-state index in [4.69, 9.17) is 4.74 Å². The Kier molecular flexibility index (Phi) is 9.16. The van der Waals surface area contributed by atoms with E-state index >= 15 is 0 Å². The molecule has 6 nitrogen and oxygen atoms in total. The summed E-state index contributed by atoms with van der Waals surface area (Å²) in [5, 5.41) is 12.6. The normalized spacial score (nSPS) is 12.1. The highest BCUT2D eigenvalue weighted by molar-refractivity contribution is 7.99. The van der Waals surface area contributed by atoms with Crippen LogP contribution in [-0.2, 0) is 24.2 Å². The number of thioether (sulfide) groups is 1. The van der Waals surface area contributed by atoms with E-state index in [1.54, 1.807) is 0 Å². The smallest absolute Gasteiger partial charge is 0.234 e. The predicted octanol–water partition coefficient (Wildman–Crippen LogP) is 6.42. The van der Waals surface area contributed by atoms with Gasteiger partial charge in [-0.15, -0.1) is 10.2 Å². The standard InChI is InChI=1S/C27H36N4O2S/c1-7-20-11-10-12-21(8-2)25(20)28-24(32)17-34-27-30-29-26(31(27)9-3)19(6)33-23-15-13-22(14-16-23)18(4)5/h10-16,18-19H,7-9,17H2,1-6H3,(H,28,32). The van der Waals surface area contributed by atoms with Crippen molar-refractivity contribution in [3.05, 3.63) is 65.0 Å². The molecule has 1 amide bonds. The van der Waals surface area contributed by atoms with Crippen molar-refractivity contribution in [3.8, 4) is 5.75 Å². The highest BCUT2D eigenvalue weighted by atomic mass is 32.2. The van der Waals surface area contributed by atoms with E-state index in [-0.39, 0.29) is 17.8 Å². The Bertz CT molecular complexity index is 1070. The number of rotatable bonds is 11. The third kappa shape index (κ3) is 6.20. The number of nitrogens with one attached hydrogen (secondary N) is 1. The Morgan fingerprint density at radius 2 is 1.65 bits per heavy atom. The Hall–Kier alpha value is -2.80. The SMILES string of the molecule is CCc1cccc(CC)c1NC(=O)CSc1nnc(C(C)Oc2ccc(C(C)C)cc2)n1CC. The molecule has 1 aromatic heterocycles. The number of amides is 1. The summed E-state index contributed by atoms with van der Waals surface area (Å²) in [7, 11) is 0.